The lowest BCUT2D eigenvalue weighted by atomic mass is 10.00. The van der Waals surface area contributed by atoms with E-state index in [1.54, 1.807) is 38.1 Å². The number of nitrogens with one attached hydrogen (secondary N) is 1. The Kier molecular flexibility index (Phi) is 5.99. The van der Waals surface area contributed by atoms with Crippen LogP contribution < -0.4 is 5.32 Å². The first kappa shape index (κ1) is 16.0. The summed E-state index contributed by atoms with van der Waals surface area (Å²) in [5.41, 5.74) is 0.791. The fraction of sp³-hybridized carbons (Fsp3) is 0.429. The Hall–Kier alpha value is -2.08. The molecule has 1 rings (SSSR count). The van der Waals surface area contributed by atoms with E-state index in [1.165, 1.54) is 0 Å². The molecule has 6 nitrogen and oxygen atoms in total. The smallest absolute Gasteiger partial charge is 0.408 e. The molecule has 3 N–H and O–H groups in total. The molecule has 0 radical (unpaired) electrons. The van der Waals surface area contributed by atoms with Crippen LogP contribution in [0.15, 0.2) is 30.3 Å². The minimum atomic E-state index is -1.39. The van der Waals surface area contributed by atoms with Crippen molar-refractivity contribution in [1.29, 1.82) is 0 Å². The van der Waals surface area contributed by atoms with Gasteiger partial charge in [0.2, 0.25) is 0 Å². The highest BCUT2D eigenvalue weighted by molar-refractivity contribution is 5.80. The van der Waals surface area contributed by atoms with Crippen molar-refractivity contribution in [3.8, 4) is 0 Å². The van der Waals surface area contributed by atoms with Gasteiger partial charge >= 0.3 is 12.1 Å². The number of amides is 1. The van der Waals surface area contributed by atoms with Gasteiger partial charge in [-0.1, -0.05) is 44.2 Å². The number of hydrogen-bond acceptors (Lipinski definition) is 4. The number of alkyl carbamates (subject to hydrolysis) is 1. The molecular weight excluding hydrogens is 262 g/mol. The van der Waals surface area contributed by atoms with Crippen molar-refractivity contribution in [2.45, 2.75) is 32.6 Å². The topological polar surface area (TPSA) is 95.9 Å². The summed E-state index contributed by atoms with van der Waals surface area (Å²) in [6, 6.07) is 7.62. The molecule has 0 aliphatic carbocycles. The van der Waals surface area contributed by atoms with Crippen molar-refractivity contribution in [2.24, 2.45) is 5.92 Å². The van der Waals surface area contributed by atoms with Crippen LogP contribution in [-0.4, -0.2) is 34.4 Å². The number of carboxylic acid groups (broad SMARTS) is 1. The second-order valence-corrected chi connectivity index (χ2v) is 4.76. The predicted molar refractivity (Wildman–Crippen MR) is 72.0 cm³/mol. The van der Waals surface area contributed by atoms with E-state index >= 15 is 0 Å². The van der Waals surface area contributed by atoms with Gasteiger partial charge in [-0.25, -0.2) is 9.59 Å². The molecule has 0 aromatic heterocycles. The number of carboxylic acids is 1. The summed E-state index contributed by atoms with van der Waals surface area (Å²) in [6.07, 6.45) is -2.06. The summed E-state index contributed by atoms with van der Waals surface area (Å²) in [5.74, 6) is -1.60. The van der Waals surface area contributed by atoms with Gasteiger partial charge in [-0.05, 0) is 11.5 Å². The molecule has 0 saturated carbocycles. The van der Waals surface area contributed by atoms with Gasteiger partial charge in [-0.3, -0.25) is 0 Å². The van der Waals surface area contributed by atoms with Crippen LogP contribution in [0.5, 0.6) is 0 Å². The molecule has 0 fully saturated rings. The molecular formula is C14H19NO5. The van der Waals surface area contributed by atoms with Gasteiger partial charge in [0.1, 0.15) is 6.61 Å². The average Bonchev–Trinajstić information content (AvgIpc) is 2.42. The van der Waals surface area contributed by atoms with Gasteiger partial charge in [0.15, 0.2) is 6.04 Å². The quantitative estimate of drug-likeness (QED) is 0.732. The number of carbonyl (C=O) groups is 2. The van der Waals surface area contributed by atoms with Crippen LogP contribution in [0.25, 0.3) is 0 Å². The number of aliphatic hydroxyl groups is 1. The number of carbonyl (C=O) groups excluding carboxylic acids is 1. The molecule has 0 spiro atoms. The van der Waals surface area contributed by atoms with E-state index in [-0.39, 0.29) is 12.5 Å². The largest absolute Gasteiger partial charge is 0.480 e. The molecule has 110 valence electrons. The Morgan fingerprint density at radius 3 is 2.35 bits per heavy atom. The fourth-order valence-electron chi connectivity index (χ4n) is 1.57. The normalized spacial score (nSPS) is 13.6. The first-order chi connectivity index (χ1) is 9.41. The van der Waals surface area contributed by atoms with Crippen molar-refractivity contribution < 1.29 is 24.5 Å². The zero-order valence-electron chi connectivity index (χ0n) is 11.4. The third-order valence-electron chi connectivity index (χ3n) is 2.78. The minimum absolute atomic E-state index is 0.0385. The second kappa shape index (κ2) is 7.49. The van der Waals surface area contributed by atoms with Crippen molar-refractivity contribution in [3.05, 3.63) is 35.9 Å². The Morgan fingerprint density at radius 1 is 1.25 bits per heavy atom. The molecule has 0 aliphatic rings. The van der Waals surface area contributed by atoms with E-state index in [9.17, 15) is 14.7 Å². The third-order valence-corrected chi connectivity index (χ3v) is 2.78. The molecule has 0 bridgehead atoms. The molecule has 1 aromatic rings. The van der Waals surface area contributed by atoms with Crippen LogP contribution in [-0.2, 0) is 16.1 Å². The van der Waals surface area contributed by atoms with E-state index in [0.717, 1.165) is 5.56 Å². The molecule has 0 aliphatic heterocycles. The minimum Gasteiger partial charge on any atom is -0.480 e. The molecule has 2 atom stereocenters. The van der Waals surface area contributed by atoms with Gasteiger partial charge < -0.3 is 20.3 Å². The van der Waals surface area contributed by atoms with Crippen molar-refractivity contribution >= 4 is 12.1 Å². The van der Waals surface area contributed by atoms with E-state index in [2.05, 4.69) is 5.32 Å². The maximum atomic E-state index is 11.6. The Bertz CT molecular complexity index is 446. The zero-order valence-corrected chi connectivity index (χ0v) is 11.4. The monoisotopic (exact) mass is 281 g/mol. The maximum Gasteiger partial charge on any atom is 0.408 e. The Balaban J connectivity index is 2.52. The van der Waals surface area contributed by atoms with E-state index in [1.807, 2.05) is 6.07 Å². The molecule has 2 unspecified atom stereocenters. The third kappa shape index (κ3) is 4.89. The summed E-state index contributed by atoms with van der Waals surface area (Å²) in [7, 11) is 0. The van der Waals surface area contributed by atoms with Crippen LogP contribution in [0.4, 0.5) is 4.79 Å². The first-order valence-corrected chi connectivity index (χ1v) is 6.30. The molecule has 0 saturated heterocycles. The standard InChI is InChI=1S/C14H19NO5/c1-9(2)12(16)11(13(17)18)15-14(19)20-8-10-6-4-3-5-7-10/h3-7,9,11-12,16H,8H2,1-2H3,(H,15,19)(H,17,18). The van der Waals surface area contributed by atoms with E-state index in [4.69, 9.17) is 9.84 Å². The molecule has 20 heavy (non-hydrogen) atoms. The summed E-state index contributed by atoms with van der Waals surface area (Å²) in [4.78, 5) is 22.6. The van der Waals surface area contributed by atoms with Crippen LogP contribution in [0.3, 0.4) is 0 Å². The lowest BCUT2D eigenvalue weighted by Gasteiger charge is -2.22. The average molecular weight is 281 g/mol. The fourth-order valence-corrected chi connectivity index (χ4v) is 1.57. The highest BCUT2D eigenvalue weighted by atomic mass is 16.5. The Labute approximate surface area is 117 Å². The molecule has 0 heterocycles. The van der Waals surface area contributed by atoms with Gasteiger partial charge in [0.25, 0.3) is 0 Å². The van der Waals surface area contributed by atoms with Crippen molar-refractivity contribution in [3.63, 3.8) is 0 Å². The number of benzene rings is 1. The Morgan fingerprint density at radius 2 is 1.85 bits per heavy atom. The highest BCUT2D eigenvalue weighted by Crippen LogP contribution is 2.07. The number of rotatable bonds is 6. The SMILES string of the molecule is CC(C)C(O)C(NC(=O)OCc1ccccc1)C(=O)O. The summed E-state index contributed by atoms with van der Waals surface area (Å²) < 4.78 is 4.91. The van der Waals surface area contributed by atoms with E-state index in [0.29, 0.717) is 0 Å². The van der Waals surface area contributed by atoms with Crippen molar-refractivity contribution in [2.75, 3.05) is 0 Å². The lowest BCUT2D eigenvalue weighted by molar-refractivity contribution is -0.143. The van der Waals surface area contributed by atoms with Crippen LogP contribution in [0, 0.1) is 5.92 Å². The number of hydrogen-bond donors (Lipinski definition) is 3. The first-order valence-electron chi connectivity index (χ1n) is 6.30. The van der Waals surface area contributed by atoms with Gasteiger partial charge in [0.05, 0.1) is 6.10 Å². The predicted octanol–water partition coefficient (Wildman–Crippen LogP) is 1.38. The number of ether oxygens (including phenoxy) is 1. The van der Waals surface area contributed by atoms with Crippen LogP contribution in [0.1, 0.15) is 19.4 Å². The summed E-state index contributed by atoms with van der Waals surface area (Å²) in [6.45, 7) is 3.37. The number of aliphatic carboxylic acids is 1. The molecule has 6 heteroatoms. The van der Waals surface area contributed by atoms with Gasteiger partial charge in [-0.2, -0.15) is 0 Å². The number of aliphatic hydroxyl groups excluding tert-OH is 1. The highest BCUT2D eigenvalue weighted by Gasteiger charge is 2.30. The second-order valence-electron chi connectivity index (χ2n) is 4.76. The van der Waals surface area contributed by atoms with Gasteiger partial charge in [-0.15, -0.1) is 0 Å². The maximum absolute atomic E-state index is 11.6. The summed E-state index contributed by atoms with van der Waals surface area (Å²) >= 11 is 0. The van der Waals surface area contributed by atoms with Crippen LogP contribution in [0.2, 0.25) is 0 Å². The van der Waals surface area contributed by atoms with Crippen molar-refractivity contribution in [1.82, 2.24) is 5.32 Å². The summed E-state index contributed by atoms with van der Waals surface area (Å²) in [5, 5.41) is 20.9. The molecule has 1 amide bonds. The molecule has 1 aromatic carbocycles. The lowest BCUT2D eigenvalue weighted by Crippen LogP contribution is -2.50. The van der Waals surface area contributed by atoms with Gasteiger partial charge in [0, 0.05) is 0 Å². The zero-order chi connectivity index (χ0) is 15.1. The van der Waals surface area contributed by atoms with Crippen LogP contribution >= 0.6 is 0 Å². The van der Waals surface area contributed by atoms with E-state index < -0.39 is 24.2 Å².